The Bertz CT molecular complexity index is 572. The standard InChI is InChI=1S/C23H32N2/c1-2-5-18(6-3-1)7-4-8-24-9-11-25(12-10-24)23-21-14-19-13-20(16-21)17-22(23)15-19/h1-7,19-23H,8-17H2. The van der Waals surface area contributed by atoms with Crippen molar-refractivity contribution in [2.75, 3.05) is 32.7 Å². The number of nitrogens with zero attached hydrogens (tertiary/aromatic N) is 2. The fraction of sp³-hybridized carbons (Fsp3) is 0.652. The molecule has 2 nitrogen and oxygen atoms in total. The zero-order chi connectivity index (χ0) is 16.6. The predicted octanol–water partition coefficient (Wildman–Crippen LogP) is 4.14. The van der Waals surface area contributed by atoms with Crippen LogP contribution in [0.2, 0.25) is 0 Å². The van der Waals surface area contributed by atoms with Gasteiger partial charge in [-0.25, -0.2) is 0 Å². The van der Waals surface area contributed by atoms with Gasteiger partial charge in [-0.05, 0) is 61.3 Å². The molecule has 1 heterocycles. The number of rotatable bonds is 4. The summed E-state index contributed by atoms with van der Waals surface area (Å²) >= 11 is 0. The Morgan fingerprint density at radius 1 is 0.800 bits per heavy atom. The average Bonchev–Trinajstić information content (AvgIpc) is 2.63. The fourth-order valence-corrected chi connectivity index (χ4v) is 6.64. The van der Waals surface area contributed by atoms with Crippen molar-refractivity contribution in [3.8, 4) is 0 Å². The van der Waals surface area contributed by atoms with E-state index in [9.17, 15) is 0 Å². The first-order valence-electron chi connectivity index (χ1n) is 10.5. The van der Waals surface area contributed by atoms with E-state index in [2.05, 4.69) is 52.3 Å². The summed E-state index contributed by atoms with van der Waals surface area (Å²) in [5.41, 5.74) is 1.31. The first-order chi connectivity index (χ1) is 12.3. The summed E-state index contributed by atoms with van der Waals surface area (Å²) in [6.07, 6.45) is 12.4. The van der Waals surface area contributed by atoms with Gasteiger partial charge in [-0.3, -0.25) is 9.80 Å². The van der Waals surface area contributed by atoms with Crippen molar-refractivity contribution in [3.63, 3.8) is 0 Å². The van der Waals surface area contributed by atoms with Gasteiger partial charge in [0.1, 0.15) is 0 Å². The summed E-state index contributed by atoms with van der Waals surface area (Å²) in [6, 6.07) is 11.6. The molecule has 5 fully saturated rings. The van der Waals surface area contributed by atoms with Crippen LogP contribution in [0.15, 0.2) is 36.4 Å². The molecule has 0 atom stereocenters. The average molecular weight is 337 g/mol. The van der Waals surface area contributed by atoms with Crippen LogP contribution in [0.1, 0.15) is 37.7 Å². The maximum absolute atomic E-state index is 2.89. The summed E-state index contributed by atoms with van der Waals surface area (Å²) in [5.74, 6) is 4.29. The van der Waals surface area contributed by atoms with Gasteiger partial charge < -0.3 is 0 Å². The Labute approximate surface area is 152 Å². The lowest BCUT2D eigenvalue weighted by molar-refractivity contribution is -0.0757. The van der Waals surface area contributed by atoms with Gasteiger partial charge in [-0.2, -0.15) is 0 Å². The molecule has 1 aromatic carbocycles. The van der Waals surface area contributed by atoms with Crippen molar-refractivity contribution >= 4 is 6.08 Å². The van der Waals surface area contributed by atoms with E-state index >= 15 is 0 Å². The van der Waals surface area contributed by atoms with Crippen LogP contribution >= 0.6 is 0 Å². The van der Waals surface area contributed by atoms with Crippen molar-refractivity contribution in [2.45, 2.75) is 38.1 Å². The Balaban J connectivity index is 1.14. The second-order valence-electron chi connectivity index (χ2n) is 9.07. The maximum atomic E-state index is 2.89. The normalized spacial score (nSPS) is 38.6. The van der Waals surface area contributed by atoms with Crippen LogP contribution < -0.4 is 0 Å². The highest BCUT2D eigenvalue weighted by Crippen LogP contribution is 2.55. The van der Waals surface area contributed by atoms with E-state index < -0.39 is 0 Å². The molecule has 1 aromatic rings. The SMILES string of the molecule is C(=Cc1ccccc1)CN1CCN(C2C3CC4CC(C3)CC2C4)CC1. The van der Waals surface area contributed by atoms with Crippen LogP contribution in [-0.4, -0.2) is 48.6 Å². The summed E-state index contributed by atoms with van der Waals surface area (Å²) in [4.78, 5) is 5.52. The lowest BCUT2D eigenvalue weighted by Gasteiger charge is -2.58. The smallest absolute Gasteiger partial charge is 0.0167 e. The van der Waals surface area contributed by atoms with Crippen LogP contribution in [0.5, 0.6) is 0 Å². The van der Waals surface area contributed by atoms with E-state index in [0.717, 1.165) is 36.3 Å². The maximum Gasteiger partial charge on any atom is 0.0167 e. The molecule has 5 aliphatic rings. The summed E-state index contributed by atoms with van der Waals surface area (Å²) < 4.78 is 0. The van der Waals surface area contributed by atoms with Crippen molar-refractivity contribution in [1.29, 1.82) is 0 Å². The van der Waals surface area contributed by atoms with E-state index in [1.54, 1.807) is 32.1 Å². The van der Waals surface area contributed by atoms with Crippen LogP contribution in [-0.2, 0) is 0 Å². The summed E-state index contributed by atoms with van der Waals surface area (Å²) in [5, 5.41) is 0. The van der Waals surface area contributed by atoms with Crippen LogP contribution in [0.4, 0.5) is 0 Å². The molecule has 0 amide bonds. The molecule has 0 unspecified atom stereocenters. The Morgan fingerprint density at radius 2 is 1.44 bits per heavy atom. The molecular formula is C23H32N2. The van der Waals surface area contributed by atoms with Gasteiger partial charge in [-0.15, -0.1) is 0 Å². The van der Waals surface area contributed by atoms with Gasteiger partial charge in [0.25, 0.3) is 0 Å². The van der Waals surface area contributed by atoms with E-state index in [1.807, 2.05) is 0 Å². The monoisotopic (exact) mass is 336 g/mol. The number of benzene rings is 1. The van der Waals surface area contributed by atoms with E-state index in [-0.39, 0.29) is 0 Å². The second-order valence-corrected chi connectivity index (χ2v) is 9.07. The van der Waals surface area contributed by atoms with Gasteiger partial charge in [0.05, 0.1) is 0 Å². The highest BCUT2D eigenvalue weighted by molar-refractivity contribution is 5.48. The molecule has 4 bridgehead atoms. The van der Waals surface area contributed by atoms with E-state index in [0.29, 0.717) is 0 Å². The quantitative estimate of drug-likeness (QED) is 0.815. The van der Waals surface area contributed by atoms with Gasteiger partial charge in [0, 0.05) is 38.8 Å². The topological polar surface area (TPSA) is 6.48 Å². The molecule has 0 aromatic heterocycles. The minimum atomic E-state index is 0.940. The first-order valence-corrected chi connectivity index (χ1v) is 10.5. The molecule has 1 aliphatic heterocycles. The molecular weight excluding hydrogens is 304 g/mol. The fourth-order valence-electron chi connectivity index (χ4n) is 6.64. The summed E-state index contributed by atoms with van der Waals surface area (Å²) in [7, 11) is 0. The third kappa shape index (κ3) is 3.31. The molecule has 0 N–H and O–H groups in total. The number of hydrogen-bond acceptors (Lipinski definition) is 2. The molecule has 0 radical (unpaired) electrons. The van der Waals surface area contributed by atoms with Crippen molar-refractivity contribution in [3.05, 3.63) is 42.0 Å². The molecule has 4 aliphatic carbocycles. The first kappa shape index (κ1) is 16.1. The zero-order valence-electron chi connectivity index (χ0n) is 15.4. The van der Waals surface area contributed by atoms with Gasteiger partial charge in [0.2, 0.25) is 0 Å². The minimum absolute atomic E-state index is 0.940. The van der Waals surface area contributed by atoms with Crippen LogP contribution in [0, 0.1) is 23.7 Å². The molecule has 4 saturated carbocycles. The minimum Gasteiger partial charge on any atom is -0.297 e. The van der Waals surface area contributed by atoms with Crippen LogP contribution in [0.3, 0.4) is 0 Å². The molecule has 0 spiro atoms. The van der Waals surface area contributed by atoms with Crippen molar-refractivity contribution < 1.29 is 0 Å². The lowest BCUT2D eigenvalue weighted by Crippen LogP contribution is -2.60. The third-order valence-electron chi connectivity index (χ3n) is 7.48. The van der Waals surface area contributed by atoms with Crippen LogP contribution in [0.25, 0.3) is 6.08 Å². The highest BCUT2D eigenvalue weighted by atomic mass is 15.3. The van der Waals surface area contributed by atoms with Crippen molar-refractivity contribution in [1.82, 2.24) is 9.80 Å². The van der Waals surface area contributed by atoms with Gasteiger partial charge >= 0.3 is 0 Å². The summed E-state index contributed by atoms with van der Waals surface area (Å²) in [6.45, 7) is 6.20. The largest absolute Gasteiger partial charge is 0.297 e. The highest BCUT2D eigenvalue weighted by Gasteiger charge is 2.50. The van der Waals surface area contributed by atoms with Gasteiger partial charge in [-0.1, -0.05) is 42.5 Å². The Hall–Kier alpha value is -1.12. The molecule has 134 valence electrons. The molecule has 25 heavy (non-hydrogen) atoms. The Kier molecular flexibility index (Phi) is 4.43. The Morgan fingerprint density at radius 3 is 2.08 bits per heavy atom. The second kappa shape index (κ2) is 6.89. The number of piperazine rings is 1. The molecule has 1 saturated heterocycles. The lowest BCUT2D eigenvalue weighted by atomic mass is 9.54. The molecule has 2 heteroatoms. The number of hydrogen-bond donors (Lipinski definition) is 0. The van der Waals surface area contributed by atoms with E-state index in [4.69, 9.17) is 0 Å². The van der Waals surface area contributed by atoms with E-state index in [1.165, 1.54) is 31.7 Å². The zero-order valence-corrected chi connectivity index (χ0v) is 15.4. The third-order valence-corrected chi connectivity index (χ3v) is 7.48. The van der Waals surface area contributed by atoms with Gasteiger partial charge in [0.15, 0.2) is 0 Å². The predicted molar refractivity (Wildman–Crippen MR) is 104 cm³/mol. The van der Waals surface area contributed by atoms with Crippen molar-refractivity contribution in [2.24, 2.45) is 23.7 Å². The molecule has 6 rings (SSSR count).